The fraction of sp³-hybridized carbons (Fsp3) is 0.294. The summed E-state index contributed by atoms with van der Waals surface area (Å²) < 4.78 is 7.71. The first-order chi connectivity index (χ1) is 11.7. The van der Waals surface area contributed by atoms with E-state index < -0.39 is 0 Å². The van der Waals surface area contributed by atoms with Gasteiger partial charge < -0.3 is 15.4 Å². The molecule has 0 fully saturated rings. The highest BCUT2D eigenvalue weighted by Crippen LogP contribution is 2.11. The molecule has 25 heavy (non-hydrogen) atoms. The maximum absolute atomic E-state index is 5.69. The molecule has 2 N–H and O–H groups in total. The molecule has 3 rings (SSSR count). The van der Waals surface area contributed by atoms with Crippen LogP contribution in [0.5, 0.6) is 5.75 Å². The van der Waals surface area contributed by atoms with Gasteiger partial charge in [0, 0.05) is 24.8 Å². The zero-order chi connectivity index (χ0) is 16.8. The quantitative estimate of drug-likeness (QED) is 0.251. The molecule has 0 unspecified atom stereocenters. The van der Waals surface area contributed by atoms with Crippen LogP contribution in [0.2, 0.25) is 0 Å². The summed E-state index contributed by atoms with van der Waals surface area (Å²) in [5.41, 5.74) is 2.21. The molecule has 0 saturated heterocycles. The number of guanidine groups is 1. The number of nitrogens with zero attached hydrogens (tertiary/aromatic N) is 3. The van der Waals surface area contributed by atoms with E-state index in [4.69, 9.17) is 4.74 Å². The minimum atomic E-state index is 0. The van der Waals surface area contributed by atoms with Crippen LogP contribution in [0.25, 0.3) is 4.96 Å². The molecular formula is C17H22IN5OS. The Labute approximate surface area is 168 Å². The third-order valence-corrected chi connectivity index (χ3v) is 4.26. The van der Waals surface area contributed by atoms with Crippen LogP contribution in [0.4, 0.5) is 0 Å². The van der Waals surface area contributed by atoms with Gasteiger partial charge in [-0.2, -0.15) is 0 Å². The SMILES string of the molecule is CN=C(NCCOc1ccc(C)cc1)NCc1cn2ccsc2n1.I. The van der Waals surface area contributed by atoms with E-state index in [2.05, 4.69) is 27.5 Å². The summed E-state index contributed by atoms with van der Waals surface area (Å²) in [6.07, 6.45) is 4.03. The van der Waals surface area contributed by atoms with Crippen LogP contribution in [0.15, 0.2) is 47.0 Å². The average molecular weight is 471 g/mol. The highest BCUT2D eigenvalue weighted by molar-refractivity contribution is 14.0. The van der Waals surface area contributed by atoms with Crippen LogP contribution < -0.4 is 15.4 Å². The van der Waals surface area contributed by atoms with Crippen molar-refractivity contribution in [2.45, 2.75) is 13.5 Å². The van der Waals surface area contributed by atoms with E-state index in [1.54, 1.807) is 18.4 Å². The van der Waals surface area contributed by atoms with Crippen molar-refractivity contribution >= 4 is 46.2 Å². The molecule has 1 aromatic carbocycles. The van der Waals surface area contributed by atoms with Gasteiger partial charge in [-0.05, 0) is 19.1 Å². The van der Waals surface area contributed by atoms with Gasteiger partial charge in [0.15, 0.2) is 10.9 Å². The molecule has 8 heteroatoms. The molecule has 0 radical (unpaired) electrons. The Morgan fingerprint density at radius 1 is 1.28 bits per heavy atom. The molecule has 0 aliphatic carbocycles. The first-order valence-corrected chi connectivity index (χ1v) is 8.67. The van der Waals surface area contributed by atoms with Crippen LogP contribution in [-0.4, -0.2) is 35.5 Å². The maximum Gasteiger partial charge on any atom is 0.193 e. The summed E-state index contributed by atoms with van der Waals surface area (Å²) in [5.74, 6) is 1.61. The molecule has 0 amide bonds. The lowest BCUT2D eigenvalue weighted by Gasteiger charge is -2.11. The number of benzene rings is 1. The Kier molecular flexibility index (Phi) is 7.51. The minimum absolute atomic E-state index is 0. The lowest BCUT2D eigenvalue weighted by molar-refractivity contribution is 0.322. The number of hydrogen-bond donors (Lipinski definition) is 2. The van der Waals surface area contributed by atoms with Crippen molar-refractivity contribution in [2.24, 2.45) is 4.99 Å². The molecule has 0 aliphatic heterocycles. The van der Waals surface area contributed by atoms with Crippen molar-refractivity contribution < 1.29 is 4.74 Å². The van der Waals surface area contributed by atoms with Gasteiger partial charge in [-0.15, -0.1) is 35.3 Å². The zero-order valence-corrected chi connectivity index (χ0v) is 17.4. The van der Waals surface area contributed by atoms with E-state index in [0.717, 1.165) is 22.4 Å². The topological polar surface area (TPSA) is 63.0 Å². The number of imidazole rings is 1. The van der Waals surface area contributed by atoms with Crippen molar-refractivity contribution in [3.8, 4) is 5.75 Å². The molecule has 0 atom stereocenters. The summed E-state index contributed by atoms with van der Waals surface area (Å²) in [5, 5.41) is 8.51. The summed E-state index contributed by atoms with van der Waals surface area (Å²) in [6, 6.07) is 8.04. The van der Waals surface area contributed by atoms with Crippen molar-refractivity contribution in [3.05, 3.63) is 53.3 Å². The van der Waals surface area contributed by atoms with Gasteiger partial charge >= 0.3 is 0 Å². The number of aryl methyl sites for hydroxylation is 1. The third-order valence-electron chi connectivity index (χ3n) is 3.49. The number of rotatable bonds is 6. The van der Waals surface area contributed by atoms with Crippen molar-refractivity contribution in [1.29, 1.82) is 0 Å². The molecule has 0 bridgehead atoms. The van der Waals surface area contributed by atoms with E-state index in [-0.39, 0.29) is 24.0 Å². The van der Waals surface area contributed by atoms with Gasteiger partial charge in [-0.1, -0.05) is 17.7 Å². The fourth-order valence-corrected chi connectivity index (χ4v) is 2.95. The summed E-state index contributed by atoms with van der Waals surface area (Å²) in [4.78, 5) is 9.74. The van der Waals surface area contributed by atoms with Gasteiger partial charge in [0.05, 0.1) is 18.8 Å². The number of thiazole rings is 1. The number of ether oxygens (including phenoxy) is 1. The van der Waals surface area contributed by atoms with Crippen molar-refractivity contribution in [1.82, 2.24) is 20.0 Å². The van der Waals surface area contributed by atoms with Crippen LogP contribution >= 0.6 is 35.3 Å². The van der Waals surface area contributed by atoms with E-state index in [1.807, 2.05) is 46.4 Å². The number of aromatic nitrogens is 2. The number of aliphatic imine (C=N–C) groups is 1. The second-order valence-corrected chi connectivity index (χ2v) is 6.21. The van der Waals surface area contributed by atoms with E-state index in [0.29, 0.717) is 19.7 Å². The standard InChI is InChI=1S/C17H21N5OS.HI/c1-13-3-5-15(6-4-13)23-9-7-19-16(18-2)20-11-14-12-22-8-10-24-17(22)21-14;/h3-6,8,10,12H,7,9,11H2,1-2H3,(H2,18,19,20);1H. The molecule has 2 aromatic heterocycles. The maximum atomic E-state index is 5.69. The van der Waals surface area contributed by atoms with Crippen LogP contribution in [-0.2, 0) is 6.54 Å². The zero-order valence-electron chi connectivity index (χ0n) is 14.2. The van der Waals surface area contributed by atoms with Crippen molar-refractivity contribution in [2.75, 3.05) is 20.2 Å². The second-order valence-electron chi connectivity index (χ2n) is 5.34. The molecule has 0 aliphatic rings. The first kappa shape index (κ1) is 19.5. The second kappa shape index (κ2) is 9.62. The monoisotopic (exact) mass is 471 g/mol. The molecule has 134 valence electrons. The van der Waals surface area contributed by atoms with Crippen LogP contribution in [0.1, 0.15) is 11.3 Å². The largest absolute Gasteiger partial charge is 0.492 e. The molecule has 0 spiro atoms. The van der Waals surface area contributed by atoms with Gasteiger partial charge in [-0.3, -0.25) is 9.39 Å². The predicted molar refractivity (Wildman–Crippen MR) is 113 cm³/mol. The third kappa shape index (κ3) is 5.60. The summed E-state index contributed by atoms with van der Waals surface area (Å²) in [7, 11) is 1.75. The highest BCUT2D eigenvalue weighted by Gasteiger charge is 2.03. The van der Waals surface area contributed by atoms with Gasteiger partial charge in [0.2, 0.25) is 0 Å². The Morgan fingerprint density at radius 2 is 2.08 bits per heavy atom. The Morgan fingerprint density at radius 3 is 2.80 bits per heavy atom. The number of halogens is 1. The predicted octanol–water partition coefficient (Wildman–Crippen LogP) is 3.07. The minimum Gasteiger partial charge on any atom is -0.492 e. The molecule has 6 nitrogen and oxygen atoms in total. The molecule has 2 heterocycles. The summed E-state index contributed by atoms with van der Waals surface area (Å²) in [6.45, 7) is 3.94. The van der Waals surface area contributed by atoms with Gasteiger partial charge in [-0.25, -0.2) is 4.98 Å². The molecule has 0 saturated carbocycles. The highest BCUT2D eigenvalue weighted by atomic mass is 127. The summed E-state index contributed by atoms with van der Waals surface area (Å²) >= 11 is 1.63. The number of fused-ring (bicyclic) bond motifs is 1. The smallest absolute Gasteiger partial charge is 0.193 e. The molecule has 3 aromatic rings. The Balaban J connectivity index is 0.00000225. The lowest BCUT2D eigenvalue weighted by Crippen LogP contribution is -2.38. The van der Waals surface area contributed by atoms with E-state index >= 15 is 0 Å². The average Bonchev–Trinajstić information content (AvgIpc) is 3.17. The number of hydrogen-bond acceptors (Lipinski definition) is 4. The van der Waals surface area contributed by atoms with Gasteiger partial charge in [0.1, 0.15) is 12.4 Å². The number of nitrogens with one attached hydrogen (secondary N) is 2. The molecular weight excluding hydrogens is 449 g/mol. The van der Waals surface area contributed by atoms with E-state index in [9.17, 15) is 0 Å². The normalized spacial score (nSPS) is 11.2. The fourth-order valence-electron chi connectivity index (χ4n) is 2.23. The Bertz CT molecular complexity index is 783. The van der Waals surface area contributed by atoms with Crippen LogP contribution in [0.3, 0.4) is 0 Å². The van der Waals surface area contributed by atoms with Crippen LogP contribution in [0, 0.1) is 6.92 Å². The van der Waals surface area contributed by atoms with E-state index in [1.165, 1.54) is 5.56 Å². The lowest BCUT2D eigenvalue weighted by atomic mass is 10.2. The Hall–Kier alpha value is -1.81. The van der Waals surface area contributed by atoms with Gasteiger partial charge in [0.25, 0.3) is 0 Å². The van der Waals surface area contributed by atoms with Crippen molar-refractivity contribution in [3.63, 3.8) is 0 Å². The first-order valence-electron chi connectivity index (χ1n) is 7.79.